The number of rotatable bonds is 11. The predicted octanol–water partition coefficient (Wildman–Crippen LogP) is 5.45. The molecule has 1 aliphatic rings. The topological polar surface area (TPSA) is 76.1 Å². The van der Waals surface area contributed by atoms with Gasteiger partial charge in [-0.25, -0.2) is 0 Å². The van der Waals surface area contributed by atoms with Crippen LogP contribution >= 0.6 is 0 Å². The maximum absolute atomic E-state index is 13.1. The van der Waals surface area contributed by atoms with Crippen molar-refractivity contribution in [1.82, 2.24) is 4.90 Å². The van der Waals surface area contributed by atoms with Crippen LogP contribution in [0.5, 0.6) is 11.5 Å². The molecule has 1 atom stereocenters. The molecule has 4 rings (SSSR count). The molecular formula is C32H37NO5. The third-order valence-electron chi connectivity index (χ3n) is 7.11. The highest BCUT2D eigenvalue weighted by Crippen LogP contribution is 2.37. The minimum Gasteiger partial charge on any atom is -0.497 e. The van der Waals surface area contributed by atoms with Crippen molar-refractivity contribution in [3.05, 3.63) is 94.5 Å². The van der Waals surface area contributed by atoms with Gasteiger partial charge in [0.05, 0.1) is 13.5 Å². The molecule has 1 amide bonds. The predicted molar refractivity (Wildman–Crippen MR) is 148 cm³/mol. The summed E-state index contributed by atoms with van der Waals surface area (Å²) >= 11 is 0. The molecule has 3 aromatic rings. The van der Waals surface area contributed by atoms with Gasteiger partial charge in [-0.1, -0.05) is 62.4 Å². The van der Waals surface area contributed by atoms with Crippen molar-refractivity contribution >= 4 is 11.9 Å². The van der Waals surface area contributed by atoms with Crippen LogP contribution in [0.25, 0.3) is 0 Å². The van der Waals surface area contributed by atoms with E-state index in [0.717, 1.165) is 41.0 Å². The SMILES string of the molecule is COc1cccc(CCN(CC(=O)O)C(=O)Cc2ccc3c(c2)CC(C)(Cc2ccc(C(C)C)cc2)O3)c1. The summed E-state index contributed by atoms with van der Waals surface area (Å²) in [5.74, 6) is 0.855. The van der Waals surface area contributed by atoms with E-state index < -0.39 is 5.97 Å². The molecule has 0 saturated heterocycles. The first kappa shape index (κ1) is 27.2. The lowest BCUT2D eigenvalue weighted by Gasteiger charge is -2.24. The van der Waals surface area contributed by atoms with Gasteiger partial charge in [0.2, 0.25) is 5.91 Å². The smallest absolute Gasteiger partial charge is 0.323 e. The number of carboxylic acid groups (broad SMARTS) is 1. The Morgan fingerprint density at radius 3 is 2.45 bits per heavy atom. The minimum absolute atomic E-state index is 0.145. The lowest BCUT2D eigenvalue weighted by Crippen LogP contribution is -2.38. The molecule has 1 N–H and O–H groups in total. The van der Waals surface area contributed by atoms with Gasteiger partial charge >= 0.3 is 5.97 Å². The summed E-state index contributed by atoms with van der Waals surface area (Å²) in [6, 6.07) is 22.2. The van der Waals surface area contributed by atoms with Crippen molar-refractivity contribution in [2.45, 2.75) is 58.0 Å². The number of carboxylic acids is 1. The fourth-order valence-corrected chi connectivity index (χ4v) is 5.07. The minimum atomic E-state index is -1.02. The van der Waals surface area contributed by atoms with Gasteiger partial charge in [0, 0.05) is 19.4 Å². The molecule has 0 bridgehead atoms. The number of carbonyl (C=O) groups is 2. The molecule has 0 aromatic heterocycles. The van der Waals surface area contributed by atoms with Crippen LogP contribution in [0, 0.1) is 0 Å². The highest BCUT2D eigenvalue weighted by molar-refractivity contribution is 5.83. The van der Waals surface area contributed by atoms with E-state index >= 15 is 0 Å². The summed E-state index contributed by atoms with van der Waals surface area (Å²) < 4.78 is 11.6. The number of benzene rings is 3. The van der Waals surface area contributed by atoms with Crippen molar-refractivity contribution in [2.24, 2.45) is 0 Å². The van der Waals surface area contributed by atoms with Crippen LogP contribution in [0.4, 0.5) is 0 Å². The zero-order chi connectivity index (χ0) is 27.3. The highest BCUT2D eigenvalue weighted by Gasteiger charge is 2.35. The quantitative estimate of drug-likeness (QED) is 0.367. The van der Waals surface area contributed by atoms with Gasteiger partial charge in [-0.2, -0.15) is 0 Å². The third-order valence-corrected chi connectivity index (χ3v) is 7.11. The van der Waals surface area contributed by atoms with E-state index in [4.69, 9.17) is 9.47 Å². The summed E-state index contributed by atoms with van der Waals surface area (Å²) in [7, 11) is 1.60. The van der Waals surface area contributed by atoms with E-state index in [1.807, 2.05) is 42.5 Å². The largest absolute Gasteiger partial charge is 0.497 e. The Morgan fingerprint density at radius 1 is 1.03 bits per heavy atom. The van der Waals surface area contributed by atoms with Gasteiger partial charge in [0.15, 0.2) is 0 Å². The molecule has 1 unspecified atom stereocenters. The van der Waals surface area contributed by atoms with Gasteiger partial charge in [-0.15, -0.1) is 0 Å². The first-order valence-corrected chi connectivity index (χ1v) is 13.2. The lowest BCUT2D eigenvalue weighted by atomic mass is 9.90. The third kappa shape index (κ3) is 6.94. The second-order valence-electron chi connectivity index (χ2n) is 10.7. The molecule has 0 radical (unpaired) electrons. The number of nitrogens with zero attached hydrogens (tertiary/aromatic N) is 1. The van der Waals surface area contributed by atoms with Crippen LogP contribution in [-0.4, -0.2) is 47.7 Å². The lowest BCUT2D eigenvalue weighted by molar-refractivity contribution is -0.144. The summed E-state index contributed by atoms with van der Waals surface area (Å²) in [6.45, 7) is 6.50. The van der Waals surface area contributed by atoms with Crippen LogP contribution < -0.4 is 9.47 Å². The van der Waals surface area contributed by atoms with Gasteiger partial charge in [-0.3, -0.25) is 9.59 Å². The average molecular weight is 516 g/mol. The molecule has 38 heavy (non-hydrogen) atoms. The molecule has 0 aliphatic carbocycles. The van der Waals surface area contributed by atoms with Crippen LogP contribution in [0.15, 0.2) is 66.7 Å². The van der Waals surface area contributed by atoms with Gasteiger partial charge < -0.3 is 19.5 Å². The first-order valence-electron chi connectivity index (χ1n) is 13.2. The molecule has 0 fully saturated rings. The van der Waals surface area contributed by atoms with Crippen molar-refractivity contribution in [1.29, 1.82) is 0 Å². The average Bonchev–Trinajstić information content (AvgIpc) is 3.21. The number of fused-ring (bicyclic) bond motifs is 1. The zero-order valence-electron chi connectivity index (χ0n) is 22.7. The van der Waals surface area contributed by atoms with Gasteiger partial charge in [0.25, 0.3) is 0 Å². The molecule has 0 saturated carbocycles. The standard InChI is InChI=1S/C32H37NO5/c1-22(2)26-11-8-24(9-12-26)19-32(3)20-27-16-25(10-13-29(27)38-32)18-30(34)33(21-31(35)36)15-14-23-6-5-7-28(17-23)37-4/h5-13,16-17,22H,14-15,18-21H2,1-4H3,(H,35,36). The molecule has 6 nitrogen and oxygen atoms in total. The first-order chi connectivity index (χ1) is 18.1. The maximum atomic E-state index is 13.1. The molecular weight excluding hydrogens is 478 g/mol. The molecule has 1 aliphatic heterocycles. The van der Waals surface area contributed by atoms with Crippen LogP contribution in [-0.2, 0) is 35.3 Å². The Hall–Kier alpha value is -3.80. The summed E-state index contributed by atoms with van der Waals surface area (Å²) in [4.78, 5) is 26.0. The van der Waals surface area contributed by atoms with Gasteiger partial charge in [0.1, 0.15) is 23.6 Å². The normalized spacial score (nSPS) is 16.1. The van der Waals surface area contributed by atoms with Crippen molar-refractivity contribution in [3.63, 3.8) is 0 Å². The number of aliphatic carboxylic acids is 1. The summed E-state index contributed by atoms with van der Waals surface area (Å²) in [5.41, 5.74) is 5.14. The van der Waals surface area contributed by atoms with E-state index in [1.54, 1.807) is 7.11 Å². The summed E-state index contributed by atoms with van der Waals surface area (Å²) in [6.07, 6.45) is 2.24. The van der Waals surface area contributed by atoms with E-state index in [0.29, 0.717) is 18.9 Å². The van der Waals surface area contributed by atoms with Crippen LogP contribution in [0.3, 0.4) is 0 Å². The zero-order valence-corrected chi connectivity index (χ0v) is 22.7. The Bertz CT molecular complexity index is 1280. The Kier molecular flexibility index (Phi) is 8.40. The number of hydrogen-bond donors (Lipinski definition) is 1. The summed E-state index contributed by atoms with van der Waals surface area (Å²) in [5, 5.41) is 9.40. The van der Waals surface area contributed by atoms with E-state index in [2.05, 4.69) is 45.0 Å². The number of amides is 1. The fourth-order valence-electron chi connectivity index (χ4n) is 5.07. The maximum Gasteiger partial charge on any atom is 0.323 e. The number of methoxy groups -OCH3 is 1. The molecule has 200 valence electrons. The van der Waals surface area contributed by atoms with Gasteiger partial charge in [-0.05, 0) is 65.3 Å². The van der Waals surface area contributed by atoms with E-state index in [-0.39, 0.29) is 24.5 Å². The van der Waals surface area contributed by atoms with Crippen LogP contribution in [0.2, 0.25) is 0 Å². The molecule has 0 spiro atoms. The Labute approximate surface area is 225 Å². The van der Waals surface area contributed by atoms with Crippen LogP contribution in [0.1, 0.15) is 54.5 Å². The van der Waals surface area contributed by atoms with E-state index in [9.17, 15) is 14.7 Å². The monoisotopic (exact) mass is 515 g/mol. The number of carbonyl (C=O) groups excluding carboxylic acids is 1. The Balaban J connectivity index is 1.40. The molecule has 1 heterocycles. The Morgan fingerprint density at radius 2 is 1.76 bits per heavy atom. The fraction of sp³-hybridized carbons (Fsp3) is 0.375. The highest BCUT2D eigenvalue weighted by atomic mass is 16.5. The second-order valence-corrected chi connectivity index (χ2v) is 10.7. The second kappa shape index (κ2) is 11.7. The number of hydrogen-bond acceptors (Lipinski definition) is 4. The molecule has 6 heteroatoms. The van der Waals surface area contributed by atoms with E-state index in [1.165, 1.54) is 16.0 Å². The number of ether oxygens (including phenoxy) is 2. The van der Waals surface area contributed by atoms with Crippen molar-refractivity contribution in [3.8, 4) is 11.5 Å². The van der Waals surface area contributed by atoms with Crippen molar-refractivity contribution in [2.75, 3.05) is 20.2 Å². The van der Waals surface area contributed by atoms with Crippen molar-refractivity contribution < 1.29 is 24.2 Å². The molecule has 3 aromatic carbocycles.